The molecule has 0 amide bonds. The summed E-state index contributed by atoms with van der Waals surface area (Å²) >= 11 is 0. The van der Waals surface area contributed by atoms with E-state index in [-0.39, 0.29) is 6.10 Å². The van der Waals surface area contributed by atoms with Crippen LogP contribution in [0.4, 0.5) is 0 Å². The Hall–Kier alpha value is -0.370. The number of aliphatic hydroxyl groups excluding tert-OH is 1. The molecule has 1 unspecified atom stereocenters. The molecule has 0 saturated carbocycles. The Kier molecular flexibility index (Phi) is 42.5. The molecule has 0 radical (unpaired) electrons. The second kappa shape index (κ2) is 42.8. The maximum atomic E-state index is 12.3. The van der Waals surface area contributed by atoms with Crippen molar-refractivity contribution in [2.75, 3.05) is 0 Å². The van der Waals surface area contributed by atoms with E-state index in [1.54, 1.807) is 0 Å². The first-order valence-corrected chi connectivity index (χ1v) is 22.9. The van der Waals surface area contributed by atoms with Crippen LogP contribution in [0.25, 0.3) is 0 Å². The van der Waals surface area contributed by atoms with Crippen LogP contribution in [0.1, 0.15) is 284 Å². The molecule has 2 heteroatoms. The third-order valence-corrected chi connectivity index (χ3v) is 10.9. The lowest BCUT2D eigenvalue weighted by atomic mass is 10.0. The maximum absolute atomic E-state index is 12.3. The number of carbonyl (C=O) groups excluding carboxylic acids is 1. The largest absolute Gasteiger partial charge is 0.393 e. The van der Waals surface area contributed by atoms with E-state index < -0.39 is 0 Å². The second-order valence-corrected chi connectivity index (χ2v) is 16.0. The third kappa shape index (κ3) is 41.8. The van der Waals surface area contributed by atoms with Gasteiger partial charge in [-0.2, -0.15) is 0 Å². The minimum absolute atomic E-state index is 0.156. The van der Waals surface area contributed by atoms with Gasteiger partial charge in [0.05, 0.1) is 6.10 Å². The van der Waals surface area contributed by atoms with Gasteiger partial charge in [0.2, 0.25) is 0 Å². The van der Waals surface area contributed by atoms with Crippen molar-refractivity contribution in [1.29, 1.82) is 0 Å². The monoisotopic (exact) mass is 677 g/mol. The standard InChI is InChI=1S/C46H92O2/c1-3-5-7-9-11-13-15-17-19-21-23-25-27-29-31-33-35-37-41-45(47)43-39-40-44-46(48)42-38-36-34-32-30-28-26-24-22-20-18-16-14-12-10-8-6-4-2/h45,47H,3-44H2,1-2H3. The number of unbranched alkanes of at least 4 members (excludes halogenated alkanes) is 35. The fourth-order valence-corrected chi connectivity index (χ4v) is 7.48. The van der Waals surface area contributed by atoms with Crippen molar-refractivity contribution in [2.24, 2.45) is 0 Å². The zero-order valence-electron chi connectivity index (χ0n) is 33.6. The van der Waals surface area contributed by atoms with Gasteiger partial charge in [0.15, 0.2) is 0 Å². The molecule has 0 bridgehead atoms. The van der Waals surface area contributed by atoms with Gasteiger partial charge < -0.3 is 5.11 Å². The highest BCUT2D eigenvalue weighted by Crippen LogP contribution is 2.18. The Labute approximate surface area is 304 Å². The zero-order chi connectivity index (χ0) is 34.9. The van der Waals surface area contributed by atoms with Gasteiger partial charge >= 0.3 is 0 Å². The lowest BCUT2D eigenvalue weighted by Gasteiger charge is -2.10. The quantitative estimate of drug-likeness (QED) is 0.0653. The van der Waals surface area contributed by atoms with Crippen LogP contribution >= 0.6 is 0 Å². The van der Waals surface area contributed by atoms with E-state index >= 15 is 0 Å². The molecule has 0 aliphatic carbocycles. The lowest BCUT2D eigenvalue weighted by molar-refractivity contribution is -0.119. The Balaban J connectivity index is 3.24. The van der Waals surface area contributed by atoms with Crippen LogP contribution in [0.5, 0.6) is 0 Å². The van der Waals surface area contributed by atoms with E-state index in [1.165, 1.54) is 218 Å². The molecule has 0 aliphatic rings. The maximum Gasteiger partial charge on any atom is 0.132 e. The minimum Gasteiger partial charge on any atom is -0.393 e. The highest BCUT2D eigenvalue weighted by Gasteiger charge is 2.06. The lowest BCUT2D eigenvalue weighted by Crippen LogP contribution is -2.06. The molecule has 0 fully saturated rings. The normalized spacial score (nSPS) is 12.2. The molecule has 288 valence electrons. The number of ketones is 1. The summed E-state index contributed by atoms with van der Waals surface area (Å²) in [5.41, 5.74) is 0. The van der Waals surface area contributed by atoms with Crippen LogP contribution in [0, 0.1) is 0 Å². The van der Waals surface area contributed by atoms with Gasteiger partial charge in [0, 0.05) is 12.8 Å². The average molecular weight is 677 g/mol. The van der Waals surface area contributed by atoms with E-state index in [9.17, 15) is 9.90 Å². The molecule has 1 atom stereocenters. The van der Waals surface area contributed by atoms with Gasteiger partial charge in [-0.3, -0.25) is 4.79 Å². The first kappa shape index (κ1) is 47.6. The van der Waals surface area contributed by atoms with Crippen LogP contribution < -0.4 is 0 Å². The molecule has 0 spiro atoms. The number of carbonyl (C=O) groups is 1. The SMILES string of the molecule is CCCCCCCCCCCCCCCCCCCCC(=O)CCCCC(O)CCCCCCCCCCCCCCCCCCCC. The van der Waals surface area contributed by atoms with E-state index in [0.29, 0.717) is 5.78 Å². The van der Waals surface area contributed by atoms with Gasteiger partial charge in [-0.15, -0.1) is 0 Å². The summed E-state index contributed by atoms with van der Waals surface area (Å²) < 4.78 is 0. The summed E-state index contributed by atoms with van der Waals surface area (Å²) in [7, 11) is 0. The summed E-state index contributed by atoms with van der Waals surface area (Å²) in [5.74, 6) is 0.449. The van der Waals surface area contributed by atoms with Crippen molar-refractivity contribution in [3.8, 4) is 0 Å². The fraction of sp³-hybridized carbons (Fsp3) is 0.978. The molecule has 0 aromatic rings. The predicted octanol–water partition coefficient (Wildman–Crippen LogP) is 16.3. The summed E-state index contributed by atoms with van der Waals surface area (Å²) in [6.45, 7) is 4.59. The molecular formula is C46H92O2. The van der Waals surface area contributed by atoms with Gasteiger partial charge in [-0.1, -0.05) is 245 Å². The fourth-order valence-electron chi connectivity index (χ4n) is 7.48. The van der Waals surface area contributed by atoms with E-state index in [2.05, 4.69) is 13.8 Å². The molecule has 2 nitrogen and oxygen atoms in total. The van der Waals surface area contributed by atoms with Crippen molar-refractivity contribution in [1.82, 2.24) is 0 Å². The summed E-state index contributed by atoms with van der Waals surface area (Å²) in [6.07, 6.45) is 55.4. The molecule has 0 aromatic carbocycles. The van der Waals surface area contributed by atoms with Crippen molar-refractivity contribution < 1.29 is 9.90 Å². The summed E-state index contributed by atoms with van der Waals surface area (Å²) in [4.78, 5) is 12.3. The molecular weight excluding hydrogens is 585 g/mol. The highest BCUT2D eigenvalue weighted by atomic mass is 16.3. The first-order chi connectivity index (χ1) is 23.7. The number of Topliss-reactive ketones (excluding diaryl/α,β-unsaturated/α-hetero) is 1. The Morgan fingerprint density at radius 3 is 0.771 bits per heavy atom. The molecule has 0 saturated heterocycles. The van der Waals surface area contributed by atoms with Crippen LogP contribution in [-0.2, 0) is 4.79 Å². The number of hydrogen-bond donors (Lipinski definition) is 1. The van der Waals surface area contributed by atoms with Crippen molar-refractivity contribution in [2.45, 2.75) is 290 Å². The third-order valence-electron chi connectivity index (χ3n) is 10.9. The smallest absolute Gasteiger partial charge is 0.132 e. The number of rotatable bonds is 43. The van der Waals surface area contributed by atoms with Crippen LogP contribution in [0.15, 0.2) is 0 Å². The zero-order valence-corrected chi connectivity index (χ0v) is 33.6. The van der Waals surface area contributed by atoms with Gasteiger partial charge in [-0.25, -0.2) is 0 Å². The number of aliphatic hydroxyl groups is 1. The Bertz CT molecular complexity index is 587. The molecule has 0 aromatic heterocycles. The predicted molar refractivity (Wildman–Crippen MR) is 216 cm³/mol. The Morgan fingerprint density at radius 1 is 0.312 bits per heavy atom. The topological polar surface area (TPSA) is 37.3 Å². The molecule has 48 heavy (non-hydrogen) atoms. The first-order valence-electron chi connectivity index (χ1n) is 22.9. The van der Waals surface area contributed by atoms with Crippen molar-refractivity contribution in [3.05, 3.63) is 0 Å². The minimum atomic E-state index is -0.156. The van der Waals surface area contributed by atoms with Gasteiger partial charge in [0.25, 0.3) is 0 Å². The highest BCUT2D eigenvalue weighted by molar-refractivity contribution is 5.78. The van der Waals surface area contributed by atoms with E-state index in [4.69, 9.17) is 0 Å². The second-order valence-electron chi connectivity index (χ2n) is 16.0. The Morgan fingerprint density at radius 2 is 0.500 bits per heavy atom. The van der Waals surface area contributed by atoms with Crippen LogP contribution in [0.3, 0.4) is 0 Å². The van der Waals surface area contributed by atoms with E-state index in [0.717, 1.165) is 51.4 Å². The van der Waals surface area contributed by atoms with Crippen LogP contribution in [-0.4, -0.2) is 17.0 Å². The molecule has 0 rings (SSSR count). The van der Waals surface area contributed by atoms with Crippen LogP contribution in [0.2, 0.25) is 0 Å². The van der Waals surface area contributed by atoms with Gasteiger partial charge in [0.1, 0.15) is 5.78 Å². The number of hydrogen-bond acceptors (Lipinski definition) is 2. The van der Waals surface area contributed by atoms with E-state index in [1.807, 2.05) is 0 Å². The summed E-state index contributed by atoms with van der Waals surface area (Å²) in [5, 5.41) is 10.3. The van der Waals surface area contributed by atoms with Crippen molar-refractivity contribution >= 4 is 5.78 Å². The average Bonchev–Trinajstić information content (AvgIpc) is 3.09. The summed E-state index contributed by atoms with van der Waals surface area (Å²) in [6, 6.07) is 0. The molecule has 0 heterocycles. The van der Waals surface area contributed by atoms with Gasteiger partial charge in [-0.05, 0) is 25.7 Å². The molecule has 1 N–H and O–H groups in total. The van der Waals surface area contributed by atoms with Crippen molar-refractivity contribution in [3.63, 3.8) is 0 Å². The molecule has 0 aliphatic heterocycles.